The van der Waals surface area contributed by atoms with Gasteiger partial charge in [0.25, 0.3) is 5.91 Å². The summed E-state index contributed by atoms with van der Waals surface area (Å²) in [7, 11) is 0. The zero-order valence-corrected chi connectivity index (χ0v) is 13.7. The summed E-state index contributed by atoms with van der Waals surface area (Å²) in [6, 6.07) is 5.36. The molecule has 128 valence electrons. The third kappa shape index (κ3) is 3.76. The molecule has 1 N–H and O–H groups in total. The van der Waals surface area contributed by atoms with Crippen LogP contribution in [0, 0.1) is 12.7 Å². The van der Waals surface area contributed by atoms with Crippen LogP contribution in [0.4, 0.5) is 4.39 Å². The molecule has 0 spiro atoms. The maximum absolute atomic E-state index is 13.0. The zero-order chi connectivity index (χ0) is 17.9. The first-order valence-electron chi connectivity index (χ1n) is 7.55. The van der Waals surface area contributed by atoms with E-state index in [9.17, 15) is 14.0 Å². The van der Waals surface area contributed by atoms with E-state index < -0.39 is 18.4 Å². The molecule has 0 aliphatic rings. The van der Waals surface area contributed by atoms with Gasteiger partial charge in [-0.3, -0.25) is 9.59 Å². The zero-order valence-electron chi connectivity index (χ0n) is 13.7. The Kier molecular flexibility index (Phi) is 5.28. The van der Waals surface area contributed by atoms with Crippen LogP contribution in [0.25, 0.3) is 5.69 Å². The average molecular weight is 334 g/mol. The van der Waals surface area contributed by atoms with Crippen LogP contribution in [0.1, 0.15) is 36.7 Å². The second-order valence-corrected chi connectivity index (χ2v) is 5.45. The number of aliphatic carboxylic acids is 1. The largest absolute Gasteiger partial charge is 0.480 e. The van der Waals surface area contributed by atoms with E-state index in [1.165, 1.54) is 33.8 Å². The molecule has 0 aliphatic carbocycles. The molecule has 24 heavy (non-hydrogen) atoms. The molecule has 0 radical (unpaired) electrons. The first-order chi connectivity index (χ1) is 11.3. The summed E-state index contributed by atoms with van der Waals surface area (Å²) in [6.45, 7) is 4.88. The van der Waals surface area contributed by atoms with Gasteiger partial charge in [-0.05, 0) is 44.5 Å². The van der Waals surface area contributed by atoms with Crippen molar-refractivity contribution in [1.82, 2.24) is 19.7 Å². The lowest BCUT2D eigenvalue weighted by atomic mass is 10.2. The fourth-order valence-corrected chi connectivity index (χ4v) is 2.23. The van der Waals surface area contributed by atoms with E-state index in [2.05, 4.69) is 10.1 Å². The lowest BCUT2D eigenvalue weighted by molar-refractivity contribution is -0.138. The summed E-state index contributed by atoms with van der Waals surface area (Å²) in [4.78, 5) is 29.0. The molecule has 0 saturated heterocycles. The van der Waals surface area contributed by atoms with E-state index in [0.29, 0.717) is 17.9 Å². The number of rotatable bonds is 6. The predicted octanol–water partition coefficient (Wildman–Crippen LogP) is 2.04. The molecule has 1 unspecified atom stereocenters. The number of benzene rings is 1. The van der Waals surface area contributed by atoms with Crippen molar-refractivity contribution < 1.29 is 19.1 Å². The monoisotopic (exact) mass is 334 g/mol. The van der Waals surface area contributed by atoms with Gasteiger partial charge in [-0.15, -0.1) is 5.10 Å². The van der Waals surface area contributed by atoms with Crippen LogP contribution in [0.3, 0.4) is 0 Å². The van der Waals surface area contributed by atoms with Gasteiger partial charge in [0, 0.05) is 6.04 Å². The van der Waals surface area contributed by atoms with Crippen LogP contribution < -0.4 is 0 Å². The smallest absolute Gasteiger partial charge is 0.323 e. The number of aryl methyl sites for hydroxylation is 1. The lowest BCUT2D eigenvalue weighted by Crippen LogP contribution is -2.42. The minimum absolute atomic E-state index is 0.0848. The van der Waals surface area contributed by atoms with Crippen molar-refractivity contribution in [2.75, 3.05) is 6.54 Å². The third-order valence-electron chi connectivity index (χ3n) is 3.72. The molecular formula is C16H19FN4O3. The van der Waals surface area contributed by atoms with Gasteiger partial charge < -0.3 is 10.0 Å². The summed E-state index contributed by atoms with van der Waals surface area (Å²) in [5.41, 5.74) is 0.564. The summed E-state index contributed by atoms with van der Waals surface area (Å²) in [5.74, 6) is -1.66. The Morgan fingerprint density at radius 2 is 1.96 bits per heavy atom. The van der Waals surface area contributed by atoms with Crippen LogP contribution in [0.2, 0.25) is 0 Å². The molecule has 1 aromatic heterocycles. The van der Waals surface area contributed by atoms with E-state index in [1.807, 2.05) is 6.92 Å². The van der Waals surface area contributed by atoms with E-state index in [0.717, 1.165) is 0 Å². The fourth-order valence-electron chi connectivity index (χ4n) is 2.23. The van der Waals surface area contributed by atoms with Crippen LogP contribution in [0.5, 0.6) is 0 Å². The standard InChI is InChI=1S/C16H19FN4O3/c1-4-10(2)20(9-14(22)23)16(24)15-18-11(3)21(19-15)13-7-5-12(17)6-8-13/h5-8,10H,4,9H2,1-3H3,(H,22,23). The normalized spacial score (nSPS) is 12.0. The van der Waals surface area contributed by atoms with Gasteiger partial charge >= 0.3 is 5.97 Å². The summed E-state index contributed by atoms with van der Waals surface area (Å²) in [5, 5.41) is 13.2. The van der Waals surface area contributed by atoms with Gasteiger partial charge in [0.15, 0.2) is 0 Å². The number of hydrogen-bond donors (Lipinski definition) is 1. The Hall–Kier alpha value is -2.77. The van der Waals surface area contributed by atoms with Gasteiger partial charge in [-0.25, -0.2) is 14.1 Å². The SMILES string of the molecule is CCC(C)N(CC(=O)O)C(=O)c1nc(C)n(-c2ccc(F)cc2)n1. The van der Waals surface area contributed by atoms with Crippen molar-refractivity contribution in [2.24, 2.45) is 0 Å². The summed E-state index contributed by atoms with van der Waals surface area (Å²) < 4.78 is 14.4. The molecule has 1 heterocycles. The molecule has 0 saturated carbocycles. The Morgan fingerprint density at radius 1 is 1.33 bits per heavy atom. The quantitative estimate of drug-likeness (QED) is 0.873. The molecular weight excluding hydrogens is 315 g/mol. The van der Waals surface area contributed by atoms with Crippen molar-refractivity contribution >= 4 is 11.9 Å². The molecule has 0 fully saturated rings. The number of halogens is 1. The van der Waals surface area contributed by atoms with Crippen molar-refractivity contribution in [3.63, 3.8) is 0 Å². The van der Waals surface area contributed by atoms with Gasteiger partial charge in [0.05, 0.1) is 5.69 Å². The van der Waals surface area contributed by atoms with Crippen LogP contribution in [-0.2, 0) is 4.79 Å². The molecule has 8 heteroatoms. The van der Waals surface area contributed by atoms with E-state index >= 15 is 0 Å². The second kappa shape index (κ2) is 7.20. The molecule has 2 aromatic rings. The number of carboxylic acid groups (broad SMARTS) is 1. The van der Waals surface area contributed by atoms with Crippen LogP contribution in [-0.4, -0.2) is 49.2 Å². The maximum Gasteiger partial charge on any atom is 0.323 e. The molecule has 1 atom stereocenters. The van der Waals surface area contributed by atoms with Gasteiger partial charge in [-0.2, -0.15) is 0 Å². The van der Waals surface area contributed by atoms with Crippen LogP contribution >= 0.6 is 0 Å². The summed E-state index contributed by atoms with van der Waals surface area (Å²) >= 11 is 0. The maximum atomic E-state index is 13.0. The van der Waals surface area contributed by atoms with Crippen molar-refractivity contribution in [3.8, 4) is 5.69 Å². The Balaban J connectivity index is 2.34. The highest BCUT2D eigenvalue weighted by atomic mass is 19.1. The highest BCUT2D eigenvalue weighted by Gasteiger charge is 2.26. The topological polar surface area (TPSA) is 88.3 Å². The van der Waals surface area contributed by atoms with Crippen LogP contribution in [0.15, 0.2) is 24.3 Å². The van der Waals surface area contributed by atoms with E-state index in [4.69, 9.17) is 5.11 Å². The molecule has 0 bridgehead atoms. The lowest BCUT2D eigenvalue weighted by Gasteiger charge is -2.25. The van der Waals surface area contributed by atoms with Crippen molar-refractivity contribution in [1.29, 1.82) is 0 Å². The highest BCUT2D eigenvalue weighted by molar-refractivity contribution is 5.92. The Labute approximate surface area is 138 Å². The average Bonchev–Trinajstić information content (AvgIpc) is 2.93. The third-order valence-corrected chi connectivity index (χ3v) is 3.72. The number of carboxylic acids is 1. The second-order valence-electron chi connectivity index (χ2n) is 5.45. The number of aromatic nitrogens is 3. The number of nitrogens with zero attached hydrogens (tertiary/aromatic N) is 4. The molecule has 1 aromatic carbocycles. The van der Waals surface area contributed by atoms with E-state index in [-0.39, 0.29) is 17.7 Å². The number of amides is 1. The first-order valence-corrected chi connectivity index (χ1v) is 7.55. The molecule has 1 amide bonds. The number of carbonyl (C=O) groups excluding carboxylic acids is 1. The molecule has 0 aliphatic heterocycles. The first kappa shape index (κ1) is 17.6. The summed E-state index contributed by atoms with van der Waals surface area (Å²) in [6.07, 6.45) is 0.608. The molecule has 7 nitrogen and oxygen atoms in total. The van der Waals surface area contributed by atoms with Gasteiger partial charge in [-0.1, -0.05) is 6.92 Å². The fraction of sp³-hybridized carbons (Fsp3) is 0.375. The number of carbonyl (C=O) groups is 2. The minimum atomic E-state index is -1.10. The Bertz CT molecular complexity index is 742. The van der Waals surface area contributed by atoms with Crippen molar-refractivity contribution in [3.05, 3.63) is 41.7 Å². The minimum Gasteiger partial charge on any atom is -0.480 e. The Morgan fingerprint density at radius 3 is 2.50 bits per heavy atom. The predicted molar refractivity (Wildman–Crippen MR) is 84.5 cm³/mol. The van der Waals surface area contributed by atoms with Gasteiger partial charge in [0.2, 0.25) is 5.82 Å². The van der Waals surface area contributed by atoms with E-state index in [1.54, 1.807) is 13.8 Å². The highest BCUT2D eigenvalue weighted by Crippen LogP contribution is 2.13. The van der Waals surface area contributed by atoms with Crippen molar-refractivity contribution in [2.45, 2.75) is 33.2 Å². The van der Waals surface area contributed by atoms with Gasteiger partial charge in [0.1, 0.15) is 18.2 Å². The molecule has 2 rings (SSSR count). The number of hydrogen-bond acceptors (Lipinski definition) is 4.